The quantitative estimate of drug-likeness (QED) is 0.266. The number of fused-ring (bicyclic) bond motifs is 1. The Balaban J connectivity index is 1.63. The van der Waals surface area contributed by atoms with Gasteiger partial charge in [0.15, 0.2) is 5.69 Å². The first kappa shape index (κ1) is 23.4. The minimum atomic E-state index is -3.79. The molecule has 0 fully saturated rings. The first-order chi connectivity index (χ1) is 16.3. The van der Waals surface area contributed by atoms with Crippen LogP contribution in [0.5, 0.6) is 11.6 Å². The van der Waals surface area contributed by atoms with Crippen LogP contribution in [0.15, 0.2) is 87.9 Å². The minimum Gasteiger partial charge on any atom is -0.497 e. The molecule has 4 aromatic rings. The fourth-order valence-corrected chi connectivity index (χ4v) is 4.10. The van der Waals surface area contributed by atoms with Gasteiger partial charge in [0.25, 0.3) is 0 Å². The number of thiocarbonyl (C=S) groups is 1. The highest BCUT2D eigenvalue weighted by molar-refractivity contribution is 7.89. The number of nitrogens with one attached hydrogen (secondary N) is 1. The average Bonchev–Trinajstić information content (AvgIpc) is 3.08. The van der Waals surface area contributed by atoms with E-state index in [1.807, 2.05) is 42.5 Å². The van der Waals surface area contributed by atoms with Gasteiger partial charge in [0.2, 0.25) is 21.0 Å². The van der Waals surface area contributed by atoms with Crippen LogP contribution < -0.4 is 15.2 Å². The molecule has 0 radical (unpaired) electrons. The van der Waals surface area contributed by atoms with E-state index in [-0.39, 0.29) is 21.6 Å². The van der Waals surface area contributed by atoms with E-state index in [2.05, 4.69) is 15.5 Å². The van der Waals surface area contributed by atoms with Gasteiger partial charge in [-0.15, -0.1) is 10.2 Å². The molecule has 1 heterocycles. The maximum atomic E-state index is 11.4. The standard InChI is InChI=1S/C23H21N5O4S2/c1-32-17-9-12-20-19(13-17)21(22(29)28(20)14-15-5-3-2-4-6-15)26-27-23(33)25-16-7-10-18(11-8-16)34(24,30)31/h2-13,29H,14H2,1H3,(H,25,33)(H2,24,30,31). The number of nitrogens with zero attached hydrogens (tertiary/aromatic N) is 3. The number of aromatic nitrogens is 1. The molecule has 0 aliphatic carbocycles. The van der Waals surface area contributed by atoms with Gasteiger partial charge in [-0.25, -0.2) is 13.6 Å². The van der Waals surface area contributed by atoms with Crippen molar-refractivity contribution in [3.63, 3.8) is 0 Å². The van der Waals surface area contributed by atoms with Crippen molar-refractivity contribution in [1.29, 1.82) is 0 Å². The molecule has 0 aliphatic heterocycles. The third kappa shape index (κ3) is 5.06. The van der Waals surface area contributed by atoms with Gasteiger partial charge in [0.05, 0.1) is 24.1 Å². The van der Waals surface area contributed by atoms with Crippen LogP contribution in [0.4, 0.5) is 11.4 Å². The van der Waals surface area contributed by atoms with E-state index >= 15 is 0 Å². The highest BCUT2D eigenvalue weighted by Crippen LogP contribution is 2.41. The van der Waals surface area contributed by atoms with E-state index in [0.29, 0.717) is 23.4 Å². The highest BCUT2D eigenvalue weighted by atomic mass is 32.2. The summed E-state index contributed by atoms with van der Waals surface area (Å²) in [6, 6.07) is 20.9. The van der Waals surface area contributed by atoms with Crippen molar-refractivity contribution in [3.05, 3.63) is 78.4 Å². The summed E-state index contributed by atoms with van der Waals surface area (Å²) in [4.78, 5) is -0.0179. The van der Waals surface area contributed by atoms with Crippen LogP contribution in [-0.2, 0) is 16.6 Å². The van der Waals surface area contributed by atoms with E-state index in [9.17, 15) is 13.5 Å². The molecule has 34 heavy (non-hydrogen) atoms. The largest absolute Gasteiger partial charge is 0.497 e. The summed E-state index contributed by atoms with van der Waals surface area (Å²) in [6.07, 6.45) is 0. The number of sulfonamides is 1. The maximum Gasteiger partial charge on any atom is 0.238 e. The van der Waals surface area contributed by atoms with Crippen LogP contribution >= 0.6 is 12.2 Å². The number of nitrogens with two attached hydrogens (primary N) is 1. The molecule has 0 saturated carbocycles. The summed E-state index contributed by atoms with van der Waals surface area (Å²) >= 11 is 5.24. The van der Waals surface area contributed by atoms with Crippen molar-refractivity contribution in [3.8, 4) is 11.6 Å². The highest BCUT2D eigenvalue weighted by Gasteiger charge is 2.18. The maximum absolute atomic E-state index is 11.4. The number of hydrogen-bond acceptors (Lipinski definition) is 6. The first-order valence-corrected chi connectivity index (χ1v) is 12.0. The van der Waals surface area contributed by atoms with Gasteiger partial charge in [-0.3, -0.25) is 0 Å². The molecule has 0 bridgehead atoms. The van der Waals surface area contributed by atoms with Crippen molar-refractivity contribution < 1.29 is 18.3 Å². The molecule has 0 amide bonds. The zero-order chi connectivity index (χ0) is 24.3. The molecule has 3 aromatic carbocycles. The lowest BCUT2D eigenvalue weighted by Crippen LogP contribution is -2.12. The predicted octanol–water partition coefficient (Wildman–Crippen LogP) is 4.53. The van der Waals surface area contributed by atoms with Gasteiger partial charge in [-0.1, -0.05) is 30.3 Å². The fraction of sp³-hybridized carbons (Fsp3) is 0.0870. The molecule has 4 rings (SSSR count). The molecule has 0 unspecified atom stereocenters. The first-order valence-electron chi connectivity index (χ1n) is 10.0. The van der Waals surface area contributed by atoms with Gasteiger partial charge in [0.1, 0.15) is 5.75 Å². The van der Waals surface area contributed by atoms with E-state index < -0.39 is 10.0 Å². The molecule has 0 aliphatic rings. The lowest BCUT2D eigenvalue weighted by atomic mass is 10.2. The Kier molecular flexibility index (Phi) is 6.59. The number of ether oxygens (including phenoxy) is 1. The lowest BCUT2D eigenvalue weighted by Gasteiger charge is -2.07. The number of anilines is 1. The van der Waals surface area contributed by atoms with Crippen LogP contribution in [0.1, 0.15) is 5.56 Å². The van der Waals surface area contributed by atoms with Gasteiger partial charge in [0, 0.05) is 11.1 Å². The van der Waals surface area contributed by atoms with Crippen LogP contribution in [0, 0.1) is 0 Å². The Morgan fingerprint density at radius 3 is 2.47 bits per heavy atom. The number of azo groups is 1. The SMILES string of the molecule is COc1ccc2c(c1)c(N=NC(=S)Nc1ccc(S(N)(=O)=O)cc1)c(O)n2Cc1ccccc1. The molecular formula is C23H21N5O4S2. The van der Waals surface area contributed by atoms with E-state index in [0.717, 1.165) is 11.1 Å². The topological polar surface area (TPSA) is 131 Å². The summed E-state index contributed by atoms with van der Waals surface area (Å²) in [5.41, 5.74) is 2.52. The van der Waals surface area contributed by atoms with Gasteiger partial charge in [-0.05, 0) is 60.2 Å². The molecule has 174 valence electrons. The Morgan fingerprint density at radius 1 is 1.12 bits per heavy atom. The molecule has 4 N–H and O–H groups in total. The number of hydrogen-bond donors (Lipinski definition) is 3. The smallest absolute Gasteiger partial charge is 0.238 e. The van der Waals surface area contributed by atoms with Crippen molar-refractivity contribution in [1.82, 2.24) is 4.57 Å². The number of rotatable bonds is 6. The Morgan fingerprint density at radius 2 is 1.82 bits per heavy atom. The Hall–Kier alpha value is -3.80. The average molecular weight is 496 g/mol. The monoisotopic (exact) mass is 495 g/mol. The van der Waals surface area contributed by atoms with Crippen LogP contribution in [-0.4, -0.2) is 30.3 Å². The van der Waals surface area contributed by atoms with E-state index in [1.54, 1.807) is 17.7 Å². The van der Waals surface area contributed by atoms with Crippen molar-refractivity contribution in [2.24, 2.45) is 15.4 Å². The zero-order valence-corrected chi connectivity index (χ0v) is 19.7. The number of benzene rings is 3. The van der Waals surface area contributed by atoms with Gasteiger partial charge < -0.3 is 19.7 Å². The second-order valence-electron chi connectivity index (χ2n) is 7.33. The second kappa shape index (κ2) is 9.59. The summed E-state index contributed by atoms with van der Waals surface area (Å²) < 4.78 is 29.8. The lowest BCUT2D eigenvalue weighted by molar-refractivity contribution is 0.415. The second-order valence-corrected chi connectivity index (χ2v) is 9.27. The number of primary sulfonamides is 1. The third-order valence-electron chi connectivity index (χ3n) is 5.08. The summed E-state index contributed by atoms with van der Waals surface area (Å²) in [5, 5.41) is 27.9. The molecule has 0 saturated heterocycles. The number of methoxy groups -OCH3 is 1. The molecule has 9 nitrogen and oxygen atoms in total. The zero-order valence-electron chi connectivity index (χ0n) is 18.0. The molecule has 1 aromatic heterocycles. The van der Waals surface area contributed by atoms with Crippen LogP contribution in [0.3, 0.4) is 0 Å². The predicted molar refractivity (Wildman–Crippen MR) is 134 cm³/mol. The van der Waals surface area contributed by atoms with Gasteiger partial charge in [-0.2, -0.15) is 0 Å². The van der Waals surface area contributed by atoms with E-state index in [1.165, 1.54) is 24.3 Å². The minimum absolute atomic E-state index is 0.0179. The summed E-state index contributed by atoms with van der Waals surface area (Å²) in [6.45, 7) is 0.435. The Labute approximate surface area is 201 Å². The Bertz CT molecular complexity index is 1480. The van der Waals surface area contributed by atoms with Crippen molar-refractivity contribution in [2.75, 3.05) is 12.4 Å². The summed E-state index contributed by atoms with van der Waals surface area (Å²) in [5.74, 6) is 0.549. The summed E-state index contributed by atoms with van der Waals surface area (Å²) in [7, 11) is -2.23. The molecule has 0 spiro atoms. The van der Waals surface area contributed by atoms with Crippen molar-refractivity contribution >= 4 is 49.6 Å². The van der Waals surface area contributed by atoms with Crippen molar-refractivity contribution in [2.45, 2.75) is 11.4 Å². The van der Waals surface area contributed by atoms with Crippen LogP contribution in [0.25, 0.3) is 10.9 Å². The molecule has 0 atom stereocenters. The van der Waals surface area contributed by atoms with Crippen LogP contribution in [0.2, 0.25) is 0 Å². The van der Waals surface area contributed by atoms with E-state index in [4.69, 9.17) is 22.1 Å². The molecular weight excluding hydrogens is 474 g/mol. The van der Waals surface area contributed by atoms with Gasteiger partial charge >= 0.3 is 0 Å². The number of aromatic hydroxyl groups is 1. The molecule has 11 heteroatoms. The fourth-order valence-electron chi connectivity index (χ4n) is 3.43. The third-order valence-corrected chi connectivity index (χ3v) is 6.19. The normalized spacial score (nSPS) is 11.7.